The molecule has 6 heteroatoms. The first-order valence-corrected chi connectivity index (χ1v) is 52.8. The number of aryl methyl sites for hydroxylation is 12. The van der Waals surface area contributed by atoms with Crippen LogP contribution in [0.2, 0.25) is 0 Å². The van der Waals surface area contributed by atoms with Crippen molar-refractivity contribution in [3.63, 3.8) is 0 Å². The Balaban J connectivity index is 0.000000134. The molecule has 0 unspecified atom stereocenters. The Morgan fingerprint density at radius 2 is 0.489 bits per heavy atom. The van der Waals surface area contributed by atoms with Crippen LogP contribution >= 0.6 is 0 Å². The summed E-state index contributed by atoms with van der Waals surface area (Å²) in [5, 5.41) is 0. The number of hydrogen-bond acceptors (Lipinski definition) is 6. The van der Waals surface area contributed by atoms with Crippen LogP contribution in [0.1, 0.15) is 322 Å². The third-order valence-electron chi connectivity index (χ3n) is 28.6. The molecule has 0 aromatic heterocycles. The molecule has 13 aromatic carbocycles. The number of hydrogen-bond donors (Lipinski definition) is 0. The van der Waals surface area contributed by atoms with Crippen molar-refractivity contribution >= 4 is 28.4 Å². The Morgan fingerprint density at radius 3 is 0.847 bits per heavy atom. The highest BCUT2D eigenvalue weighted by atomic mass is 16.5. The number of rotatable bonds is 32. The molecule has 2 aliphatic heterocycles. The molecule has 6 nitrogen and oxygen atoms in total. The van der Waals surface area contributed by atoms with Crippen molar-refractivity contribution < 1.29 is 18.9 Å². The molecule has 0 N–H and O–H groups in total. The summed E-state index contributed by atoms with van der Waals surface area (Å²) < 4.78 is 24.7. The Morgan fingerprint density at radius 1 is 0.226 bits per heavy atom. The third-order valence-corrected chi connectivity index (χ3v) is 28.6. The Kier molecular flexibility index (Phi) is 36.5. The molecule has 13 aromatic rings. The van der Waals surface area contributed by atoms with Crippen LogP contribution in [-0.4, -0.2) is 33.0 Å². The van der Waals surface area contributed by atoms with Gasteiger partial charge in [-0.15, -0.1) is 0 Å². The average Bonchev–Trinajstić information content (AvgIpc) is 1.50. The van der Waals surface area contributed by atoms with Crippen LogP contribution in [0.15, 0.2) is 224 Å². The lowest BCUT2D eigenvalue weighted by atomic mass is 9.85. The summed E-state index contributed by atoms with van der Waals surface area (Å²) in [4.78, 5) is 4.94. The second kappa shape index (κ2) is 49.3. The maximum Gasteiger partial charge on any atom is 0.122 e. The molecule has 718 valence electrons. The highest BCUT2D eigenvalue weighted by Gasteiger charge is 2.29. The van der Waals surface area contributed by atoms with E-state index in [2.05, 4.69) is 366 Å². The molecule has 19 rings (SSSR count). The van der Waals surface area contributed by atoms with Crippen LogP contribution < -0.4 is 28.7 Å². The number of ether oxygens (including phenoxy) is 4. The summed E-state index contributed by atoms with van der Waals surface area (Å²) in [6.45, 7) is 46.2. The number of para-hydroxylation sites is 1. The van der Waals surface area contributed by atoms with Crippen molar-refractivity contribution in [1.29, 1.82) is 0 Å². The summed E-state index contributed by atoms with van der Waals surface area (Å²) in [5.74, 6) is 5.45. The van der Waals surface area contributed by atoms with Gasteiger partial charge in [-0.3, -0.25) is 0 Å². The van der Waals surface area contributed by atoms with Gasteiger partial charge >= 0.3 is 0 Å². The zero-order valence-corrected chi connectivity index (χ0v) is 87.2. The maximum atomic E-state index is 6.23. The van der Waals surface area contributed by atoms with E-state index < -0.39 is 0 Å². The van der Waals surface area contributed by atoms with E-state index >= 15 is 0 Å². The summed E-state index contributed by atoms with van der Waals surface area (Å²) in [7, 11) is 0. The number of benzene rings is 13. The highest BCUT2D eigenvalue weighted by Crippen LogP contribution is 2.49. The average molecular weight is 1830 g/mol. The van der Waals surface area contributed by atoms with E-state index in [-0.39, 0.29) is 0 Å². The molecule has 2 heterocycles. The van der Waals surface area contributed by atoms with Crippen LogP contribution in [0.3, 0.4) is 0 Å². The smallest absolute Gasteiger partial charge is 0.122 e. The van der Waals surface area contributed by atoms with Gasteiger partial charge in [-0.25, -0.2) is 0 Å². The first kappa shape index (κ1) is 102. The Labute approximate surface area is 826 Å². The van der Waals surface area contributed by atoms with Crippen LogP contribution in [0, 0.1) is 94.9 Å². The van der Waals surface area contributed by atoms with Gasteiger partial charge in [0, 0.05) is 47.8 Å². The SMILES string of the molecule is CCCCCCCCN1c2ccc(C)cc2Cc2cc(C)ccc21.CCCCCCCCOc1cc2c(cc1C)Cc1cc(C)c(OCCCCCCCC)cc1-2.Cc1cc2c(cc1OCCC(C)C)-c1cc(OCCC(C)C)c(C)cc1C2.Cc1ccc2c(c1)-c1cc(C)ccc1C2.Cc1ccc2c(c1)Cc1cc(C)ccc1C2.Cc1ccc2c(c1)Cc1cc(C)ccc1N2c1ccccc1. The minimum atomic E-state index is 0.661. The monoisotopic (exact) mass is 1830 g/mol. The van der Waals surface area contributed by atoms with Gasteiger partial charge in [0.15, 0.2) is 0 Å². The zero-order valence-electron chi connectivity index (χ0n) is 87.2. The Hall–Kier alpha value is -11.3. The highest BCUT2D eigenvalue weighted by molar-refractivity contribution is 5.86. The maximum absolute atomic E-state index is 6.23. The van der Waals surface area contributed by atoms with Gasteiger partial charge < -0.3 is 28.7 Å². The van der Waals surface area contributed by atoms with Crippen LogP contribution in [-0.2, 0) is 44.9 Å². The second-order valence-corrected chi connectivity index (χ2v) is 41.6. The molecule has 0 saturated carbocycles. The fourth-order valence-electron chi connectivity index (χ4n) is 20.7. The largest absolute Gasteiger partial charge is 0.493 e. The van der Waals surface area contributed by atoms with Crippen molar-refractivity contribution in [1.82, 2.24) is 0 Å². The minimum Gasteiger partial charge on any atom is -0.493 e. The summed E-state index contributed by atoms with van der Waals surface area (Å²) in [6.07, 6.45) is 33.2. The van der Waals surface area contributed by atoms with Crippen molar-refractivity contribution in [2.75, 3.05) is 42.8 Å². The molecule has 0 bridgehead atoms. The molecular formula is C131H160N2O4. The number of unbranched alkanes of at least 4 members (excludes halogenated alkanes) is 15. The molecule has 137 heavy (non-hydrogen) atoms. The third kappa shape index (κ3) is 27.2. The molecule has 4 aliphatic carbocycles. The standard InChI is InChI=1S/C31H46O2.C25H34O2.C23H31N.C21H19N.C16H16.C15H14/c1-5-7-9-11-13-15-17-32-30-22-28-26(19-24(30)3)21-27-20-25(4)31(23-29(27)28)33-18-16-14-12-10-8-6-2;1-16(2)7-9-26-24-14-22-20(11-18(24)5)13-21-12-19(6)25(15-23(21)22)27-10-8-17(3)4;1-4-5-6-7-8-9-14-24-22-12-10-18(2)15-20(22)17-21-16-19(3)11-13-23(21)24;1-15-8-10-20-17(12-15)14-18-13-16(2)9-11-21(18)22(20)19-6-4-3-5-7-19;1-11-3-5-13-9-14-6-4-12(2)8-16(14)10-15(13)7-11;1-10-3-5-12-9-13-6-4-11(2)8-15(13)14(12)7-10/h19-20,22-23H,5-18,21H2,1-4H3;11-12,14-17H,7-10,13H2,1-6H3;10-13,15-16H,4-9,14,17H2,1-3H3;3-13H,14H2,1-2H3;3-8H,9-10H2,1-2H3;3-8H,9H2,1-2H3. The minimum absolute atomic E-state index is 0.661. The molecule has 0 spiro atoms. The van der Waals surface area contributed by atoms with Gasteiger partial charge in [0.25, 0.3) is 0 Å². The van der Waals surface area contributed by atoms with Crippen LogP contribution in [0.25, 0.3) is 33.4 Å². The van der Waals surface area contributed by atoms with E-state index in [4.69, 9.17) is 18.9 Å². The first-order valence-electron chi connectivity index (χ1n) is 52.8. The van der Waals surface area contributed by atoms with Gasteiger partial charge in [0.2, 0.25) is 0 Å². The topological polar surface area (TPSA) is 43.4 Å². The molecule has 0 fully saturated rings. The molecule has 0 radical (unpaired) electrons. The molecule has 0 amide bonds. The van der Waals surface area contributed by atoms with E-state index in [9.17, 15) is 0 Å². The molecular weight excluding hydrogens is 1670 g/mol. The second-order valence-electron chi connectivity index (χ2n) is 41.6. The predicted molar refractivity (Wildman–Crippen MR) is 587 cm³/mol. The van der Waals surface area contributed by atoms with Gasteiger partial charge in [0.05, 0.1) is 26.4 Å². The van der Waals surface area contributed by atoms with E-state index in [1.54, 1.807) is 0 Å². The number of anilines is 5. The summed E-state index contributed by atoms with van der Waals surface area (Å²) in [6, 6.07) is 83.6. The predicted octanol–water partition coefficient (Wildman–Crippen LogP) is 36.1. The van der Waals surface area contributed by atoms with Crippen molar-refractivity contribution in [3.8, 4) is 56.4 Å². The van der Waals surface area contributed by atoms with Gasteiger partial charge in [-0.05, 0) is 353 Å². The normalized spacial score (nSPS) is 12.5. The lowest BCUT2D eigenvalue weighted by Crippen LogP contribution is -2.24. The molecule has 0 atom stereocenters. The fraction of sp³-hybridized carbons (Fsp3) is 0.405. The van der Waals surface area contributed by atoms with E-state index in [0.717, 1.165) is 127 Å². The molecule has 6 aliphatic rings. The zero-order chi connectivity index (χ0) is 96.6. The van der Waals surface area contributed by atoms with Gasteiger partial charge in [-0.1, -0.05) is 353 Å². The number of nitrogens with zero attached hydrogens (tertiary/aromatic N) is 2. The van der Waals surface area contributed by atoms with Crippen LogP contribution in [0.5, 0.6) is 23.0 Å². The van der Waals surface area contributed by atoms with Crippen molar-refractivity contribution in [2.45, 2.75) is 305 Å². The fourth-order valence-corrected chi connectivity index (χ4v) is 20.7. The van der Waals surface area contributed by atoms with Crippen molar-refractivity contribution in [2.24, 2.45) is 11.8 Å². The summed E-state index contributed by atoms with van der Waals surface area (Å²) in [5.41, 5.74) is 51.0. The Bertz CT molecular complexity index is 5870. The van der Waals surface area contributed by atoms with Crippen molar-refractivity contribution in [3.05, 3.63) is 369 Å². The van der Waals surface area contributed by atoms with E-state index in [1.807, 2.05) is 0 Å². The van der Waals surface area contributed by atoms with E-state index in [0.29, 0.717) is 11.8 Å². The molecule has 0 saturated heterocycles. The van der Waals surface area contributed by atoms with Gasteiger partial charge in [-0.2, -0.15) is 0 Å². The lowest BCUT2D eigenvalue weighted by molar-refractivity contribution is 0.287. The quantitative estimate of drug-likeness (QED) is 0.0392. The van der Waals surface area contributed by atoms with Gasteiger partial charge in [0.1, 0.15) is 23.0 Å². The lowest BCUT2D eigenvalue weighted by Gasteiger charge is -2.34. The first-order chi connectivity index (χ1) is 66.3. The number of fused-ring (bicyclic) bond motifs is 15. The summed E-state index contributed by atoms with van der Waals surface area (Å²) >= 11 is 0. The van der Waals surface area contributed by atoms with Crippen LogP contribution in [0.4, 0.5) is 28.4 Å². The van der Waals surface area contributed by atoms with E-state index in [1.165, 1.54) is 309 Å².